The van der Waals surface area contributed by atoms with E-state index in [4.69, 9.17) is 0 Å². The zero-order chi connectivity index (χ0) is 14.5. The Morgan fingerprint density at radius 1 is 1.30 bits per heavy atom. The molecular formula is C17H24BrNO. The van der Waals surface area contributed by atoms with Crippen molar-refractivity contribution in [3.63, 3.8) is 0 Å². The summed E-state index contributed by atoms with van der Waals surface area (Å²) in [7, 11) is 1.98. The number of aryl methyl sites for hydroxylation is 1. The smallest absolute Gasteiger partial charge is 0.222 e. The summed E-state index contributed by atoms with van der Waals surface area (Å²) in [5.41, 5.74) is 1.22. The highest BCUT2D eigenvalue weighted by molar-refractivity contribution is 9.10. The van der Waals surface area contributed by atoms with Crippen LogP contribution in [-0.2, 0) is 11.2 Å². The van der Waals surface area contributed by atoms with Crippen molar-refractivity contribution in [3.8, 4) is 0 Å². The summed E-state index contributed by atoms with van der Waals surface area (Å²) in [6, 6.07) is 8.67. The van der Waals surface area contributed by atoms with E-state index in [1.54, 1.807) is 0 Å². The molecular weight excluding hydrogens is 314 g/mol. The molecule has 1 saturated carbocycles. The van der Waals surface area contributed by atoms with Gasteiger partial charge in [-0.2, -0.15) is 0 Å². The van der Waals surface area contributed by atoms with Crippen LogP contribution in [0.2, 0.25) is 0 Å². The minimum absolute atomic E-state index is 0.282. The number of rotatable bonds is 4. The average Bonchev–Trinajstić information content (AvgIpc) is 2.45. The Morgan fingerprint density at radius 3 is 2.65 bits per heavy atom. The van der Waals surface area contributed by atoms with E-state index < -0.39 is 0 Å². The third-order valence-corrected chi connectivity index (χ3v) is 4.94. The lowest BCUT2D eigenvalue weighted by Crippen LogP contribution is -2.39. The standard InChI is InChI=1S/C17H24BrNO/c1-13-6-9-16(10-7-13)19(2)17(20)11-8-14-4-3-5-15(18)12-14/h3-5,12-13,16H,6-11H2,1-2H3. The topological polar surface area (TPSA) is 20.3 Å². The van der Waals surface area contributed by atoms with E-state index in [1.807, 2.05) is 24.1 Å². The normalized spacial score (nSPS) is 22.6. The first kappa shape index (κ1) is 15.6. The summed E-state index contributed by atoms with van der Waals surface area (Å²) in [6.07, 6.45) is 6.28. The van der Waals surface area contributed by atoms with Gasteiger partial charge in [-0.05, 0) is 55.7 Å². The highest BCUT2D eigenvalue weighted by Gasteiger charge is 2.24. The Morgan fingerprint density at radius 2 is 2.00 bits per heavy atom. The van der Waals surface area contributed by atoms with Gasteiger partial charge in [-0.1, -0.05) is 35.0 Å². The van der Waals surface area contributed by atoms with Gasteiger partial charge in [0.05, 0.1) is 0 Å². The van der Waals surface area contributed by atoms with Gasteiger partial charge >= 0.3 is 0 Å². The predicted molar refractivity (Wildman–Crippen MR) is 86.7 cm³/mol. The maximum atomic E-state index is 12.3. The molecule has 0 radical (unpaired) electrons. The SMILES string of the molecule is CC1CCC(N(C)C(=O)CCc2cccc(Br)c2)CC1. The molecule has 1 amide bonds. The first-order chi connectivity index (χ1) is 9.56. The van der Waals surface area contributed by atoms with Gasteiger partial charge in [0.15, 0.2) is 0 Å². The summed E-state index contributed by atoms with van der Waals surface area (Å²) in [6.45, 7) is 2.31. The molecule has 0 atom stereocenters. The van der Waals surface area contributed by atoms with Gasteiger partial charge in [0, 0.05) is 24.0 Å². The van der Waals surface area contributed by atoms with Gasteiger partial charge in [0.2, 0.25) is 5.91 Å². The minimum atomic E-state index is 0.282. The van der Waals surface area contributed by atoms with Crippen molar-refractivity contribution >= 4 is 21.8 Å². The van der Waals surface area contributed by atoms with Gasteiger partial charge in [-0.3, -0.25) is 4.79 Å². The number of carbonyl (C=O) groups is 1. The number of halogens is 1. The van der Waals surface area contributed by atoms with Crippen molar-refractivity contribution in [1.29, 1.82) is 0 Å². The van der Waals surface area contributed by atoms with Crippen molar-refractivity contribution in [1.82, 2.24) is 4.90 Å². The molecule has 1 fully saturated rings. The number of hydrogen-bond acceptors (Lipinski definition) is 1. The van der Waals surface area contributed by atoms with Crippen molar-refractivity contribution in [2.75, 3.05) is 7.05 Å². The number of carbonyl (C=O) groups excluding carboxylic acids is 1. The van der Waals surface area contributed by atoms with Crippen molar-refractivity contribution in [2.45, 2.75) is 51.5 Å². The predicted octanol–water partition coefficient (Wildman–Crippen LogP) is 4.42. The van der Waals surface area contributed by atoms with E-state index >= 15 is 0 Å². The third-order valence-electron chi connectivity index (χ3n) is 4.44. The third kappa shape index (κ3) is 4.34. The molecule has 1 aliphatic rings. The molecule has 20 heavy (non-hydrogen) atoms. The van der Waals surface area contributed by atoms with Crippen LogP contribution in [0.25, 0.3) is 0 Å². The molecule has 0 unspecified atom stereocenters. The molecule has 1 aromatic rings. The van der Waals surface area contributed by atoms with E-state index in [-0.39, 0.29) is 5.91 Å². The molecule has 2 rings (SSSR count). The van der Waals surface area contributed by atoms with Gasteiger partial charge in [-0.25, -0.2) is 0 Å². The largest absolute Gasteiger partial charge is 0.343 e. The Balaban J connectivity index is 1.82. The molecule has 110 valence electrons. The first-order valence-electron chi connectivity index (χ1n) is 7.56. The number of hydrogen-bond donors (Lipinski definition) is 0. The van der Waals surface area contributed by atoms with Crippen LogP contribution in [0.1, 0.15) is 44.6 Å². The molecule has 0 bridgehead atoms. The molecule has 0 saturated heterocycles. The van der Waals surface area contributed by atoms with Crippen molar-refractivity contribution < 1.29 is 4.79 Å². The summed E-state index contributed by atoms with van der Waals surface area (Å²) < 4.78 is 1.08. The minimum Gasteiger partial charge on any atom is -0.343 e. The molecule has 2 nitrogen and oxygen atoms in total. The monoisotopic (exact) mass is 337 g/mol. The van der Waals surface area contributed by atoms with E-state index in [0.717, 1.165) is 16.8 Å². The molecule has 1 aliphatic carbocycles. The summed E-state index contributed by atoms with van der Waals surface area (Å²) in [5.74, 6) is 1.11. The summed E-state index contributed by atoms with van der Waals surface area (Å²) in [4.78, 5) is 14.3. The van der Waals surface area contributed by atoms with E-state index in [1.165, 1.54) is 31.2 Å². The van der Waals surface area contributed by atoms with Crippen LogP contribution in [0.5, 0.6) is 0 Å². The van der Waals surface area contributed by atoms with Crippen molar-refractivity contribution in [3.05, 3.63) is 34.3 Å². The molecule has 0 aliphatic heterocycles. The van der Waals surface area contributed by atoms with Crippen LogP contribution < -0.4 is 0 Å². The van der Waals surface area contributed by atoms with Crippen LogP contribution in [0.4, 0.5) is 0 Å². The Kier molecular flexibility index (Phi) is 5.64. The Labute approximate surface area is 130 Å². The molecule has 3 heteroatoms. The maximum absolute atomic E-state index is 12.3. The molecule has 0 heterocycles. The highest BCUT2D eigenvalue weighted by atomic mass is 79.9. The quantitative estimate of drug-likeness (QED) is 0.796. The van der Waals surface area contributed by atoms with Crippen LogP contribution >= 0.6 is 15.9 Å². The van der Waals surface area contributed by atoms with Gasteiger partial charge in [0.1, 0.15) is 0 Å². The van der Waals surface area contributed by atoms with E-state index in [2.05, 4.69) is 35.0 Å². The number of amides is 1. The molecule has 0 aromatic heterocycles. The fourth-order valence-electron chi connectivity index (χ4n) is 2.95. The second kappa shape index (κ2) is 7.26. The molecule has 0 spiro atoms. The lowest BCUT2D eigenvalue weighted by atomic mass is 9.86. The molecule has 1 aromatic carbocycles. The van der Waals surface area contributed by atoms with E-state index in [0.29, 0.717) is 12.5 Å². The van der Waals surface area contributed by atoms with Gasteiger partial charge in [0.25, 0.3) is 0 Å². The number of nitrogens with zero attached hydrogens (tertiary/aromatic N) is 1. The fraction of sp³-hybridized carbons (Fsp3) is 0.588. The molecule has 0 N–H and O–H groups in total. The average molecular weight is 338 g/mol. The zero-order valence-electron chi connectivity index (χ0n) is 12.4. The van der Waals surface area contributed by atoms with Gasteiger partial charge < -0.3 is 4.90 Å². The summed E-state index contributed by atoms with van der Waals surface area (Å²) in [5, 5.41) is 0. The summed E-state index contributed by atoms with van der Waals surface area (Å²) >= 11 is 3.47. The van der Waals surface area contributed by atoms with Crippen molar-refractivity contribution in [2.24, 2.45) is 5.92 Å². The van der Waals surface area contributed by atoms with Crippen LogP contribution in [0, 0.1) is 5.92 Å². The van der Waals surface area contributed by atoms with E-state index in [9.17, 15) is 4.79 Å². The number of benzene rings is 1. The fourth-order valence-corrected chi connectivity index (χ4v) is 3.40. The highest BCUT2D eigenvalue weighted by Crippen LogP contribution is 2.26. The zero-order valence-corrected chi connectivity index (χ0v) is 14.0. The first-order valence-corrected chi connectivity index (χ1v) is 8.35. The van der Waals surface area contributed by atoms with Crippen LogP contribution in [-0.4, -0.2) is 23.9 Å². The second-order valence-electron chi connectivity index (χ2n) is 6.05. The Bertz CT molecular complexity index is 452. The van der Waals surface area contributed by atoms with Crippen LogP contribution in [0.3, 0.4) is 0 Å². The van der Waals surface area contributed by atoms with Gasteiger partial charge in [-0.15, -0.1) is 0 Å². The lowest BCUT2D eigenvalue weighted by Gasteiger charge is -2.33. The maximum Gasteiger partial charge on any atom is 0.222 e. The lowest BCUT2D eigenvalue weighted by molar-refractivity contribution is -0.132. The Hall–Kier alpha value is -0.830. The van der Waals surface area contributed by atoms with Crippen LogP contribution in [0.15, 0.2) is 28.7 Å². The second-order valence-corrected chi connectivity index (χ2v) is 6.96.